The van der Waals surface area contributed by atoms with E-state index in [0.717, 1.165) is 24.9 Å². The van der Waals surface area contributed by atoms with Gasteiger partial charge in [0.05, 0.1) is 17.9 Å². The Hall–Kier alpha value is -2.04. The average molecular weight is 258 g/mol. The van der Waals surface area contributed by atoms with Crippen molar-refractivity contribution in [2.75, 3.05) is 5.32 Å². The van der Waals surface area contributed by atoms with Crippen molar-refractivity contribution in [1.29, 1.82) is 0 Å². The molecule has 2 aromatic rings. The van der Waals surface area contributed by atoms with Gasteiger partial charge in [-0.25, -0.2) is 0 Å². The summed E-state index contributed by atoms with van der Waals surface area (Å²) in [5.41, 5.74) is 3.58. The van der Waals surface area contributed by atoms with Crippen LogP contribution in [0.15, 0.2) is 29.3 Å². The maximum atomic E-state index is 11.4. The first-order valence-electron chi connectivity index (χ1n) is 6.59. The van der Waals surface area contributed by atoms with E-state index in [9.17, 15) is 4.79 Å². The molecular weight excluding hydrogens is 240 g/mol. The second-order valence-corrected chi connectivity index (χ2v) is 5.13. The lowest BCUT2D eigenvalue weighted by Crippen LogP contribution is -2.20. The largest absolute Gasteiger partial charge is 0.377 e. The Morgan fingerprint density at radius 2 is 2.21 bits per heavy atom. The van der Waals surface area contributed by atoms with Gasteiger partial charge in [-0.2, -0.15) is 5.10 Å². The predicted molar refractivity (Wildman–Crippen MR) is 74.2 cm³/mol. The van der Waals surface area contributed by atoms with Crippen LogP contribution < -0.4 is 10.9 Å². The fourth-order valence-corrected chi connectivity index (χ4v) is 2.74. The van der Waals surface area contributed by atoms with Crippen LogP contribution in [-0.2, 0) is 20.5 Å². The van der Waals surface area contributed by atoms with Gasteiger partial charge >= 0.3 is 0 Å². The number of aryl methyl sites for hydroxylation is 2. The van der Waals surface area contributed by atoms with E-state index in [4.69, 9.17) is 0 Å². The van der Waals surface area contributed by atoms with Crippen molar-refractivity contribution in [2.24, 2.45) is 14.1 Å². The highest BCUT2D eigenvalue weighted by Crippen LogP contribution is 2.31. The molecule has 1 N–H and O–H groups in total. The highest BCUT2D eigenvalue weighted by Gasteiger charge is 2.23. The maximum absolute atomic E-state index is 11.4. The van der Waals surface area contributed by atoms with E-state index in [1.165, 1.54) is 11.3 Å². The first-order valence-corrected chi connectivity index (χ1v) is 6.59. The van der Waals surface area contributed by atoms with E-state index < -0.39 is 0 Å². The van der Waals surface area contributed by atoms with Gasteiger partial charge in [0.1, 0.15) is 0 Å². The van der Waals surface area contributed by atoms with Gasteiger partial charge in [-0.1, -0.05) is 0 Å². The minimum atomic E-state index is 0.0104. The fourth-order valence-electron chi connectivity index (χ4n) is 2.74. The Balaban J connectivity index is 1.88. The molecule has 5 heteroatoms. The van der Waals surface area contributed by atoms with Gasteiger partial charge in [0.25, 0.3) is 0 Å². The Kier molecular flexibility index (Phi) is 2.89. The van der Waals surface area contributed by atoms with Crippen molar-refractivity contribution in [3.63, 3.8) is 0 Å². The second kappa shape index (κ2) is 4.57. The quantitative estimate of drug-likeness (QED) is 0.890. The van der Waals surface area contributed by atoms with Gasteiger partial charge < -0.3 is 9.88 Å². The summed E-state index contributed by atoms with van der Waals surface area (Å²) in [6, 6.07) is 3.72. The molecular formula is C14H18N4O. The third kappa shape index (κ3) is 2.16. The molecule has 0 saturated carbocycles. The van der Waals surface area contributed by atoms with Crippen LogP contribution in [0.3, 0.4) is 0 Å². The van der Waals surface area contributed by atoms with Gasteiger partial charge in [-0.05, 0) is 25.3 Å². The number of pyridine rings is 1. The number of hydrogen-bond donors (Lipinski definition) is 1. The SMILES string of the molecule is Cn1ncc2c1CCCC2Nc1ccc(=O)n(C)c1. The number of nitrogens with one attached hydrogen (secondary N) is 1. The van der Waals surface area contributed by atoms with Gasteiger partial charge in [0, 0.05) is 37.6 Å². The standard InChI is InChI=1S/C14H18N4O/c1-17-9-10(6-7-14(17)19)16-12-4-3-5-13-11(12)8-15-18(13)2/h6-9,12,16H,3-5H2,1-2H3. The molecule has 0 radical (unpaired) electrons. The summed E-state index contributed by atoms with van der Waals surface area (Å²) in [7, 11) is 3.76. The Morgan fingerprint density at radius 3 is 3.00 bits per heavy atom. The lowest BCUT2D eigenvalue weighted by atomic mass is 9.93. The molecule has 1 atom stereocenters. The molecule has 1 aliphatic rings. The van der Waals surface area contributed by atoms with Crippen molar-refractivity contribution in [2.45, 2.75) is 25.3 Å². The number of hydrogen-bond acceptors (Lipinski definition) is 3. The van der Waals surface area contributed by atoms with Gasteiger partial charge in [-0.3, -0.25) is 9.48 Å². The summed E-state index contributed by atoms with van der Waals surface area (Å²) in [6.07, 6.45) is 7.15. The molecule has 100 valence electrons. The van der Waals surface area contributed by atoms with E-state index >= 15 is 0 Å². The van der Waals surface area contributed by atoms with Crippen molar-refractivity contribution >= 4 is 5.69 Å². The average Bonchev–Trinajstić information content (AvgIpc) is 2.77. The van der Waals surface area contributed by atoms with Crippen LogP contribution in [0.25, 0.3) is 0 Å². The fraction of sp³-hybridized carbons (Fsp3) is 0.429. The molecule has 0 bridgehead atoms. The molecule has 1 aliphatic carbocycles. The lowest BCUT2D eigenvalue weighted by molar-refractivity contribution is 0.571. The first-order chi connectivity index (χ1) is 9.15. The Bertz CT molecular complexity index is 656. The van der Waals surface area contributed by atoms with Crippen LogP contribution >= 0.6 is 0 Å². The molecule has 0 spiro atoms. The van der Waals surface area contributed by atoms with Crippen LogP contribution in [0.1, 0.15) is 30.1 Å². The normalized spacial score (nSPS) is 18.1. The highest BCUT2D eigenvalue weighted by molar-refractivity contribution is 5.44. The summed E-state index contributed by atoms with van der Waals surface area (Å²) >= 11 is 0. The van der Waals surface area contributed by atoms with Crippen molar-refractivity contribution in [1.82, 2.24) is 14.3 Å². The van der Waals surface area contributed by atoms with Crippen LogP contribution in [0.2, 0.25) is 0 Å². The predicted octanol–water partition coefficient (Wildman–Crippen LogP) is 1.61. The smallest absolute Gasteiger partial charge is 0.250 e. The summed E-state index contributed by atoms with van der Waals surface area (Å²) in [4.78, 5) is 11.4. The molecule has 2 aromatic heterocycles. The minimum absolute atomic E-state index is 0.0104. The van der Waals surface area contributed by atoms with Gasteiger partial charge in [0.2, 0.25) is 5.56 Å². The molecule has 2 heterocycles. The number of nitrogens with zero attached hydrogens (tertiary/aromatic N) is 3. The third-order valence-electron chi connectivity index (χ3n) is 3.80. The maximum Gasteiger partial charge on any atom is 0.250 e. The molecule has 0 aliphatic heterocycles. The summed E-state index contributed by atoms with van der Waals surface area (Å²) < 4.78 is 3.55. The minimum Gasteiger partial charge on any atom is -0.377 e. The molecule has 0 saturated heterocycles. The summed E-state index contributed by atoms with van der Waals surface area (Å²) in [5, 5.41) is 7.85. The van der Waals surface area contributed by atoms with Crippen LogP contribution in [-0.4, -0.2) is 14.3 Å². The molecule has 5 nitrogen and oxygen atoms in total. The van der Waals surface area contributed by atoms with E-state index in [1.54, 1.807) is 17.7 Å². The van der Waals surface area contributed by atoms with Gasteiger partial charge in [0.15, 0.2) is 0 Å². The molecule has 0 aromatic carbocycles. The van der Waals surface area contributed by atoms with Crippen LogP contribution in [0.4, 0.5) is 5.69 Å². The van der Waals surface area contributed by atoms with E-state index in [1.807, 2.05) is 30.2 Å². The molecule has 3 rings (SSSR count). The zero-order chi connectivity index (χ0) is 13.4. The highest BCUT2D eigenvalue weighted by atomic mass is 16.1. The zero-order valence-electron chi connectivity index (χ0n) is 11.3. The van der Waals surface area contributed by atoms with E-state index in [-0.39, 0.29) is 11.6 Å². The topological polar surface area (TPSA) is 51.9 Å². The number of rotatable bonds is 2. The number of fused-ring (bicyclic) bond motifs is 1. The van der Waals surface area contributed by atoms with E-state index in [2.05, 4.69) is 10.4 Å². The number of aromatic nitrogens is 3. The summed E-state index contributed by atoms with van der Waals surface area (Å²) in [6.45, 7) is 0. The van der Waals surface area contributed by atoms with Crippen molar-refractivity contribution < 1.29 is 0 Å². The Morgan fingerprint density at radius 1 is 1.37 bits per heavy atom. The Labute approximate surface area is 111 Å². The van der Waals surface area contributed by atoms with E-state index in [0.29, 0.717) is 0 Å². The molecule has 1 unspecified atom stereocenters. The summed E-state index contributed by atoms with van der Waals surface area (Å²) in [5.74, 6) is 0. The third-order valence-corrected chi connectivity index (χ3v) is 3.80. The first kappa shape index (κ1) is 12.0. The molecule has 0 fully saturated rings. The monoisotopic (exact) mass is 258 g/mol. The molecule has 19 heavy (non-hydrogen) atoms. The van der Waals surface area contributed by atoms with Crippen molar-refractivity contribution in [3.05, 3.63) is 46.1 Å². The lowest BCUT2D eigenvalue weighted by Gasteiger charge is -2.24. The molecule has 0 amide bonds. The van der Waals surface area contributed by atoms with Crippen molar-refractivity contribution in [3.8, 4) is 0 Å². The number of anilines is 1. The van der Waals surface area contributed by atoms with Crippen LogP contribution in [0.5, 0.6) is 0 Å². The zero-order valence-corrected chi connectivity index (χ0v) is 11.3. The van der Waals surface area contributed by atoms with Gasteiger partial charge in [-0.15, -0.1) is 0 Å². The van der Waals surface area contributed by atoms with Crippen LogP contribution in [0, 0.1) is 0 Å². The second-order valence-electron chi connectivity index (χ2n) is 5.13.